The summed E-state index contributed by atoms with van der Waals surface area (Å²) in [6.07, 6.45) is 2.40. The molecule has 3 N–H and O–H groups in total. The van der Waals surface area contributed by atoms with E-state index in [-0.39, 0.29) is 6.10 Å². The number of nitrogens with two attached hydrogens (primary N) is 1. The molecular formula is C14H21N3O2. The molecule has 1 aromatic rings. The largest absolute Gasteiger partial charge is 0.380 e. The van der Waals surface area contributed by atoms with Crippen molar-refractivity contribution in [2.45, 2.75) is 25.6 Å². The van der Waals surface area contributed by atoms with Crippen LogP contribution in [-0.4, -0.2) is 32.3 Å². The van der Waals surface area contributed by atoms with Crippen LogP contribution in [0, 0.1) is 0 Å². The lowest BCUT2D eigenvalue weighted by molar-refractivity contribution is 0.118. The number of para-hydroxylation sites is 1. The van der Waals surface area contributed by atoms with Gasteiger partial charge >= 0.3 is 0 Å². The van der Waals surface area contributed by atoms with Gasteiger partial charge in [-0.3, -0.25) is 4.99 Å². The summed E-state index contributed by atoms with van der Waals surface area (Å²) in [5.74, 6) is 0.416. The molecule has 19 heavy (non-hydrogen) atoms. The number of rotatable bonds is 5. The van der Waals surface area contributed by atoms with Gasteiger partial charge in [0.2, 0.25) is 0 Å². The predicted octanol–water partition coefficient (Wildman–Crippen LogP) is 1.74. The Morgan fingerprint density at radius 2 is 2.37 bits per heavy atom. The molecule has 1 aliphatic rings. The van der Waals surface area contributed by atoms with Gasteiger partial charge < -0.3 is 20.5 Å². The molecule has 1 saturated heterocycles. The zero-order valence-corrected chi connectivity index (χ0v) is 11.3. The van der Waals surface area contributed by atoms with E-state index in [1.54, 1.807) is 7.11 Å². The van der Waals surface area contributed by atoms with Gasteiger partial charge in [0, 0.05) is 25.0 Å². The van der Waals surface area contributed by atoms with Crippen LogP contribution in [-0.2, 0) is 16.1 Å². The Kier molecular flexibility index (Phi) is 5.18. The molecule has 0 saturated carbocycles. The first-order valence-electron chi connectivity index (χ1n) is 6.55. The van der Waals surface area contributed by atoms with E-state index in [9.17, 15) is 0 Å². The highest BCUT2D eigenvalue weighted by Gasteiger charge is 2.14. The summed E-state index contributed by atoms with van der Waals surface area (Å²) >= 11 is 0. The van der Waals surface area contributed by atoms with E-state index in [0.29, 0.717) is 19.1 Å². The van der Waals surface area contributed by atoms with Crippen LogP contribution in [0.1, 0.15) is 18.4 Å². The van der Waals surface area contributed by atoms with E-state index in [1.807, 2.05) is 24.3 Å². The van der Waals surface area contributed by atoms with Gasteiger partial charge in [0.05, 0.1) is 19.3 Å². The van der Waals surface area contributed by atoms with Crippen LogP contribution in [0.4, 0.5) is 5.69 Å². The quantitative estimate of drug-likeness (QED) is 0.627. The standard InChI is InChI=1S/C14H21N3O2/c1-18-10-11-5-2-3-7-13(11)17-14(15)16-9-12-6-4-8-19-12/h2-3,5,7,12H,4,6,8-10H2,1H3,(H3,15,16,17). The van der Waals surface area contributed by atoms with Crippen molar-refractivity contribution < 1.29 is 9.47 Å². The SMILES string of the molecule is COCc1ccccc1NC(N)=NCC1CCCO1. The molecule has 0 amide bonds. The van der Waals surface area contributed by atoms with Crippen molar-refractivity contribution >= 4 is 11.6 Å². The first kappa shape index (κ1) is 13.8. The summed E-state index contributed by atoms with van der Waals surface area (Å²) < 4.78 is 10.7. The molecule has 0 aromatic heterocycles. The molecule has 5 nitrogen and oxygen atoms in total. The molecule has 1 atom stereocenters. The second kappa shape index (κ2) is 7.11. The Balaban J connectivity index is 1.93. The monoisotopic (exact) mass is 263 g/mol. The first-order chi connectivity index (χ1) is 9.29. The Labute approximate surface area is 113 Å². The van der Waals surface area contributed by atoms with Gasteiger partial charge in [0.1, 0.15) is 0 Å². The highest BCUT2D eigenvalue weighted by atomic mass is 16.5. The molecule has 0 spiro atoms. The minimum atomic E-state index is 0.217. The van der Waals surface area contributed by atoms with Crippen molar-refractivity contribution in [2.75, 3.05) is 25.6 Å². The van der Waals surface area contributed by atoms with Crippen LogP contribution in [0.5, 0.6) is 0 Å². The molecule has 5 heteroatoms. The van der Waals surface area contributed by atoms with Crippen molar-refractivity contribution in [3.8, 4) is 0 Å². The maximum absolute atomic E-state index is 5.89. The normalized spacial score (nSPS) is 19.6. The van der Waals surface area contributed by atoms with E-state index >= 15 is 0 Å². The maximum atomic E-state index is 5.89. The molecule has 1 fully saturated rings. The van der Waals surface area contributed by atoms with Crippen molar-refractivity contribution in [2.24, 2.45) is 10.7 Å². The second-order valence-electron chi connectivity index (χ2n) is 4.58. The van der Waals surface area contributed by atoms with Gasteiger partial charge in [-0.05, 0) is 18.9 Å². The van der Waals surface area contributed by atoms with Gasteiger partial charge in [-0.1, -0.05) is 18.2 Å². The smallest absolute Gasteiger partial charge is 0.193 e. The zero-order chi connectivity index (χ0) is 13.5. The van der Waals surface area contributed by atoms with Gasteiger partial charge in [-0.15, -0.1) is 0 Å². The van der Waals surface area contributed by atoms with E-state index in [4.69, 9.17) is 15.2 Å². The number of aliphatic imine (C=N–C) groups is 1. The molecule has 104 valence electrons. The summed E-state index contributed by atoms with van der Waals surface area (Å²) in [5.41, 5.74) is 7.88. The number of hydrogen-bond donors (Lipinski definition) is 2. The van der Waals surface area contributed by atoms with Gasteiger partial charge in [-0.2, -0.15) is 0 Å². The Morgan fingerprint density at radius 1 is 1.53 bits per heavy atom. The summed E-state index contributed by atoms with van der Waals surface area (Å²) in [6, 6.07) is 7.89. The Bertz CT molecular complexity index is 428. The number of guanidine groups is 1. The second-order valence-corrected chi connectivity index (χ2v) is 4.58. The zero-order valence-electron chi connectivity index (χ0n) is 11.3. The fourth-order valence-electron chi connectivity index (χ4n) is 2.09. The van der Waals surface area contributed by atoms with Gasteiger partial charge in [-0.25, -0.2) is 0 Å². The lowest BCUT2D eigenvalue weighted by Crippen LogP contribution is -2.25. The third-order valence-electron chi connectivity index (χ3n) is 3.07. The lowest BCUT2D eigenvalue weighted by atomic mass is 10.2. The molecule has 1 aliphatic heterocycles. The molecule has 0 radical (unpaired) electrons. The number of hydrogen-bond acceptors (Lipinski definition) is 3. The maximum Gasteiger partial charge on any atom is 0.193 e. The topological polar surface area (TPSA) is 68.9 Å². The molecule has 1 heterocycles. The van der Waals surface area contributed by atoms with E-state index < -0.39 is 0 Å². The average Bonchev–Trinajstić information content (AvgIpc) is 2.92. The van der Waals surface area contributed by atoms with Gasteiger partial charge in [0.25, 0.3) is 0 Å². The van der Waals surface area contributed by atoms with Crippen LogP contribution >= 0.6 is 0 Å². The van der Waals surface area contributed by atoms with Crippen LogP contribution in [0.2, 0.25) is 0 Å². The Hall–Kier alpha value is -1.59. The number of ether oxygens (including phenoxy) is 2. The number of benzene rings is 1. The highest BCUT2D eigenvalue weighted by molar-refractivity contribution is 5.92. The summed E-state index contributed by atoms with van der Waals surface area (Å²) in [4.78, 5) is 4.32. The van der Waals surface area contributed by atoms with Crippen molar-refractivity contribution in [1.29, 1.82) is 0 Å². The molecule has 0 bridgehead atoms. The van der Waals surface area contributed by atoms with E-state index in [0.717, 1.165) is 30.7 Å². The molecule has 1 aromatic carbocycles. The van der Waals surface area contributed by atoms with Crippen LogP contribution in [0.25, 0.3) is 0 Å². The minimum absolute atomic E-state index is 0.217. The fourth-order valence-corrected chi connectivity index (χ4v) is 2.09. The number of nitrogens with one attached hydrogen (secondary N) is 1. The molecule has 2 rings (SSSR count). The number of methoxy groups -OCH3 is 1. The Morgan fingerprint density at radius 3 is 3.11 bits per heavy atom. The minimum Gasteiger partial charge on any atom is -0.380 e. The number of anilines is 1. The van der Waals surface area contributed by atoms with Crippen molar-refractivity contribution in [3.63, 3.8) is 0 Å². The van der Waals surface area contributed by atoms with Crippen LogP contribution < -0.4 is 11.1 Å². The molecule has 0 aliphatic carbocycles. The van der Waals surface area contributed by atoms with E-state index in [2.05, 4.69) is 10.3 Å². The predicted molar refractivity (Wildman–Crippen MR) is 76.2 cm³/mol. The average molecular weight is 263 g/mol. The summed E-state index contributed by atoms with van der Waals surface area (Å²) in [6.45, 7) is 2.00. The van der Waals surface area contributed by atoms with Crippen LogP contribution in [0.15, 0.2) is 29.3 Å². The molecular weight excluding hydrogens is 242 g/mol. The first-order valence-corrected chi connectivity index (χ1v) is 6.55. The summed E-state index contributed by atoms with van der Waals surface area (Å²) in [7, 11) is 1.67. The third kappa shape index (κ3) is 4.22. The fraction of sp³-hybridized carbons (Fsp3) is 0.500. The molecule has 1 unspecified atom stereocenters. The van der Waals surface area contributed by atoms with Crippen molar-refractivity contribution in [1.82, 2.24) is 0 Å². The summed E-state index contributed by atoms with van der Waals surface area (Å²) in [5, 5.41) is 3.11. The lowest BCUT2D eigenvalue weighted by Gasteiger charge is -2.11. The third-order valence-corrected chi connectivity index (χ3v) is 3.07. The van der Waals surface area contributed by atoms with Crippen LogP contribution in [0.3, 0.4) is 0 Å². The van der Waals surface area contributed by atoms with Gasteiger partial charge in [0.15, 0.2) is 5.96 Å². The van der Waals surface area contributed by atoms with Crippen molar-refractivity contribution in [3.05, 3.63) is 29.8 Å². The number of nitrogens with zero attached hydrogens (tertiary/aromatic N) is 1. The highest BCUT2D eigenvalue weighted by Crippen LogP contribution is 2.16. The van der Waals surface area contributed by atoms with E-state index in [1.165, 1.54) is 0 Å².